The number of hydrogen-bond donors (Lipinski definition) is 5. The maximum atomic E-state index is 13.6. The molecule has 3 amide bonds. The molecule has 0 spiro atoms. The van der Waals surface area contributed by atoms with Crippen molar-refractivity contribution in [2.45, 2.75) is 77.4 Å². The molecular weight excluding hydrogens is 697 g/mol. The van der Waals surface area contributed by atoms with Crippen molar-refractivity contribution in [2.75, 3.05) is 11.4 Å². The van der Waals surface area contributed by atoms with E-state index < -0.39 is 57.8 Å². The van der Waals surface area contributed by atoms with Crippen LogP contribution in [0.3, 0.4) is 0 Å². The van der Waals surface area contributed by atoms with Gasteiger partial charge in [0, 0.05) is 25.1 Å². The molecule has 0 aromatic heterocycles. The fourth-order valence-corrected chi connectivity index (χ4v) is 7.04. The van der Waals surface area contributed by atoms with E-state index in [9.17, 15) is 32.7 Å². The molecule has 0 heterocycles. The van der Waals surface area contributed by atoms with Gasteiger partial charge in [0.1, 0.15) is 6.04 Å². The zero-order valence-electron chi connectivity index (χ0n) is 31.0. The monoisotopic (exact) mass is 748 g/mol. The molecule has 5 N–H and O–H groups in total. The van der Waals surface area contributed by atoms with Crippen LogP contribution in [0.5, 0.6) is 0 Å². The number of nitrogens with zero attached hydrogens (tertiary/aromatic N) is 1. The number of anilines is 1. The van der Waals surface area contributed by atoms with Crippen LogP contribution in [0, 0.1) is 17.8 Å². The first-order valence-corrected chi connectivity index (χ1v) is 19.2. The van der Waals surface area contributed by atoms with Crippen molar-refractivity contribution in [3.8, 4) is 0 Å². The average Bonchev–Trinajstić information content (AvgIpc) is 3.11. The summed E-state index contributed by atoms with van der Waals surface area (Å²) < 4.78 is 27.5. The van der Waals surface area contributed by atoms with Crippen molar-refractivity contribution in [1.82, 2.24) is 16.0 Å². The molecule has 4 atom stereocenters. The number of rotatable bonds is 20. The molecule has 12 nitrogen and oxygen atoms in total. The summed E-state index contributed by atoms with van der Waals surface area (Å²) >= 11 is 0. The Morgan fingerprint density at radius 2 is 1.49 bits per heavy atom. The van der Waals surface area contributed by atoms with Crippen molar-refractivity contribution in [3.63, 3.8) is 0 Å². The minimum Gasteiger partial charge on any atom is -0.478 e. The van der Waals surface area contributed by atoms with Crippen LogP contribution in [0.25, 0.3) is 0 Å². The largest absolute Gasteiger partial charge is 0.478 e. The van der Waals surface area contributed by atoms with E-state index in [1.165, 1.54) is 25.2 Å². The number of carboxylic acids is 1. The third-order valence-electron chi connectivity index (χ3n) is 8.85. The lowest BCUT2D eigenvalue weighted by Crippen LogP contribution is -2.52. The van der Waals surface area contributed by atoms with E-state index in [0.29, 0.717) is 23.2 Å². The predicted octanol–water partition coefficient (Wildman–Crippen LogP) is 4.90. The summed E-state index contributed by atoms with van der Waals surface area (Å²) in [6.07, 6.45) is 0.989. The molecule has 286 valence electrons. The first-order valence-electron chi connectivity index (χ1n) is 17.6. The first kappa shape index (κ1) is 42.4. The maximum Gasteiger partial charge on any atom is 0.335 e. The standard InChI is InChI=1S/C40H52N4O8S/c1-7-12-31(38(47)43-36(27(4)5)39(48)41-24-28-17-19-30(20-18-28)40(49)50)23-35(45)34(21-26(2)3)42-37(46)32-15-11-16-33(22-32)44(6)53(51,52)25-29-13-9-8-10-14-29/h7-11,13-20,22,26-27,31,34-36,45H,1,12,21,23-25H2,2-6H3,(H,41,48)(H,42,46)(H,43,47)(H,49,50)/t31-,34+,35+,36+/m1/s1. The van der Waals surface area contributed by atoms with Crippen LogP contribution < -0.4 is 20.3 Å². The number of nitrogens with one attached hydrogen (secondary N) is 3. The normalized spacial score (nSPS) is 13.7. The highest BCUT2D eigenvalue weighted by atomic mass is 32.2. The van der Waals surface area contributed by atoms with Crippen molar-refractivity contribution in [1.29, 1.82) is 0 Å². The van der Waals surface area contributed by atoms with E-state index in [1.807, 2.05) is 13.8 Å². The van der Waals surface area contributed by atoms with E-state index in [1.54, 1.807) is 80.6 Å². The zero-order chi connectivity index (χ0) is 39.3. The number of sulfonamides is 1. The minimum atomic E-state index is -3.76. The van der Waals surface area contributed by atoms with Crippen LogP contribution in [-0.2, 0) is 31.9 Å². The van der Waals surface area contributed by atoms with Gasteiger partial charge < -0.3 is 26.2 Å². The van der Waals surface area contributed by atoms with Gasteiger partial charge in [-0.3, -0.25) is 18.7 Å². The molecule has 0 saturated carbocycles. The van der Waals surface area contributed by atoms with Crippen LogP contribution >= 0.6 is 0 Å². The summed E-state index contributed by atoms with van der Waals surface area (Å²) in [6, 6.07) is 19.5. The van der Waals surface area contributed by atoms with Gasteiger partial charge in [0.05, 0.1) is 29.1 Å². The fourth-order valence-electron chi connectivity index (χ4n) is 5.79. The molecule has 53 heavy (non-hydrogen) atoms. The molecule has 3 rings (SSSR count). The summed E-state index contributed by atoms with van der Waals surface area (Å²) in [5, 5.41) is 29.1. The number of amides is 3. The first-order chi connectivity index (χ1) is 25.0. The van der Waals surface area contributed by atoms with Crippen molar-refractivity contribution >= 4 is 39.4 Å². The number of carbonyl (C=O) groups is 4. The van der Waals surface area contributed by atoms with Gasteiger partial charge in [0.15, 0.2) is 0 Å². The van der Waals surface area contributed by atoms with Gasteiger partial charge in [0.2, 0.25) is 21.8 Å². The second-order valence-corrected chi connectivity index (χ2v) is 15.9. The zero-order valence-corrected chi connectivity index (χ0v) is 31.8. The highest BCUT2D eigenvalue weighted by molar-refractivity contribution is 7.92. The van der Waals surface area contributed by atoms with E-state index in [2.05, 4.69) is 22.5 Å². The molecule has 0 aliphatic carbocycles. The van der Waals surface area contributed by atoms with Crippen molar-refractivity contribution in [3.05, 3.63) is 114 Å². The smallest absolute Gasteiger partial charge is 0.335 e. The molecule has 3 aromatic rings. The Morgan fingerprint density at radius 3 is 2.08 bits per heavy atom. The molecule has 0 fully saturated rings. The fraction of sp³-hybridized carbons (Fsp3) is 0.400. The Morgan fingerprint density at radius 1 is 0.830 bits per heavy atom. The van der Waals surface area contributed by atoms with Crippen LogP contribution in [0.1, 0.15) is 78.8 Å². The van der Waals surface area contributed by atoms with Crippen molar-refractivity contribution < 1.29 is 37.8 Å². The molecule has 0 unspecified atom stereocenters. The Kier molecular flexibility index (Phi) is 15.8. The van der Waals surface area contributed by atoms with Gasteiger partial charge in [-0.15, -0.1) is 6.58 Å². The number of aliphatic hydroxyl groups excluding tert-OH is 1. The third-order valence-corrected chi connectivity index (χ3v) is 10.6. The van der Waals surface area contributed by atoms with Crippen LogP contribution in [0.4, 0.5) is 5.69 Å². The van der Waals surface area contributed by atoms with E-state index in [-0.39, 0.29) is 48.1 Å². The molecule has 0 aliphatic rings. The molecular formula is C40H52N4O8S. The predicted molar refractivity (Wildman–Crippen MR) is 206 cm³/mol. The number of aromatic carboxylic acids is 1. The lowest BCUT2D eigenvalue weighted by molar-refractivity contribution is -0.132. The molecule has 0 bridgehead atoms. The number of carboxylic acid groups (broad SMARTS) is 1. The van der Waals surface area contributed by atoms with Crippen molar-refractivity contribution in [2.24, 2.45) is 17.8 Å². The molecule has 0 aliphatic heterocycles. The lowest BCUT2D eigenvalue weighted by Gasteiger charge is -2.29. The third kappa shape index (κ3) is 12.9. The molecule has 13 heteroatoms. The van der Waals surface area contributed by atoms with E-state index in [4.69, 9.17) is 5.11 Å². The molecule has 0 saturated heterocycles. The van der Waals surface area contributed by atoms with E-state index >= 15 is 0 Å². The number of hydrogen-bond acceptors (Lipinski definition) is 7. The maximum absolute atomic E-state index is 13.6. The number of allylic oxidation sites excluding steroid dienone is 1. The summed E-state index contributed by atoms with van der Waals surface area (Å²) in [5.74, 6) is -3.62. The minimum absolute atomic E-state index is 0.0294. The highest BCUT2D eigenvalue weighted by Crippen LogP contribution is 2.23. The van der Waals surface area contributed by atoms with Gasteiger partial charge in [-0.25, -0.2) is 13.2 Å². The Hall–Kier alpha value is -5.01. The molecule has 0 radical (unpaired) electrons. The highest BCUT2D eigenvalue weighted by Gasteiger charge is 2.32. The van der Waals surface area contributed by atoms with Crippen LogP contribution in [0.2, 0.25) is 0 Å². The Bertz CT molecular complexity index is 1810. The SMILES string of the molecule is C=CC[C@H](C[C@H](O)[C@H](CC(C)C)NC(=O)c1cccc(N(C)S(=O)(=O)Cc2ccccc2)c1)C(=O)N[C@H](C(=O)NCc1ccc(C(=O)O)cc1)C(C)C. The summed E-state index contributed by atoms with van der Waals surface area (Å²) in [6.45, 7) is 11.4. The van der Waals surface area contributed by atoms with Gasteiger partial charge in [0.25, 0.3) is 5.91 Å². The quantitative estimate of drug-likeness (QED) is 0.101. The van der Waals surface area contributed by atoms with Crippen LogP contribution in [0.15, 0.2) is 91.5 Å². The second-order valence-electron chi connectivity index (χ2n) is 13.9. The lowest BCUT2D eigenvalue weighted by atomic mass is 9.89. The van der Waals surface area contributed by atoms with Crippen LogP contribution in [-0.4, -0.2) is 67.6 Å². The van der Waals surface area contributed by atoms with Gasteiger partial charge in [-0.05, 0) is 72.6 Å². The van der Waals surface area contributed by atoms with E-state index in [0.717, 1.165) is 4.31 Å². The number of carbonyl (C=O) groups excluding carboxylic acids is 3. The Balaban J connectivity index is 1.70. The average molecular weight is 749 g/mol. The molecule has 3 aromatic carbocycles. The topological polar surface area (TPSA) is 182 Å². The Labute approximate surface area is 312 Å². The number of aliphatic hydroxyl groups is 1. The summed E-state index contributed by atoms with van der Waals surface area (Å²) in [7, 11) is -2.32. The summed E-state index contributed by atoms with van der Waals surface area (Å²) in [4.78, 5) is 51.5. The van der Waals surface area contributed by atoms with Gasteiger partial charge in [-0.2, -0.15) is 0 Å². The van der Waals surface area contributed by atoms with Gasteiger partial charge >= 0.3 is 5.97 Å². The van der Waals surface area contributed by atoms with Gasteiger partial charge in [-0.1, -0.05) is 82.3 Å². The second kappa shape index (κ2) is 19.7. The summed E-state index contributed by atoms with van der Waals surface area (Å²) in [5.41, 5.74) is 1.95. The number of benzene rings is 3.